The highest BCUT2D eigenvalue weighted by Crippen LogP contribution is 2.34. The second-order valence-corrected chi connectivity index (χ2v) is 3.82. The fourth-order valence-electron chi connectivity index (χ4n) is 2.04. The molecule has 0 spiro atoms. The van der Waals surface area contributed by atoms with Crippen molar-refractivity contribution in [1.82, 2.24) is 0 Å². The summed E-state index contributed by atoms with van der Waals surface area (Å²) in [5.41, 5.74) is 1.04. The van der Waals surface area contributed by atoms with E-state index in [1.807, 2.05) is 24.3 Å². The van der Waals surface area contributed by atoms with Crippen LogP contribution in [0.2, 0.25) is 0 Å². The van der Waals surface area contributed by atoms with Crippen molar-refractivity contribution in [3.05, 3.63) is 29.8 Å². The van der Waals surface area contributed by atoms with E-state index in [2.05, 4.69) is 0 Å². The molecule has 0 radical (unpaired) electrons. The number of para-hydroxylation sites is 1. The van der Waals surface area contributed by atoms with E-state index in [1.165, 1.54) is 0 Å². The number of ether oxygens (including phenoxy) is 1. The molecule has 1 aromatic rings. The summed E-state index contributed by atoms with van der Waals surface area (Å²) in [6, 6.07) is 7.73. The predicted octanol–water partition coefficient (Wildman–Crippen LogP) is 2.42. The molecule has 1 aliphatic rings. The Balaban J connectivity index is 2.28. The van der Waals surface area contributed by atoms with Gasteiger partial charge in [-0.3, -0.25) is 4.79 Å². The highest BCUT2D eigenvalue weighted by atomic mass is 16.5. The SMILES string of the molecule is O=C(O)CC1CCCOc2ccccc21. The van der Waals surface area contributed by atoms with Crippen LogP contribution in [-0.2, 0) is 4.79 Å². The Morgan fingerprint density at radius 3 is 3.07 bits per heavy atom. The molecular weight excluding hydrogens is 192 g/mol. The van der Waals surface area contributed by atoms with Gasteiger partial charge in [-0.2, -0.15) is 0 Å². The summed E-state index contributed by atoms with van der Waals surface area (Å²) in [5.74, 6) is 0.208. The van der Waals surface area contributed by atoms with Crippen molar-refractivity contribution in [2.75, 3.05) is 6.61 Å². The monoisotopic (exact) mass is 206 g/mol. The number of carboxylic acid groups (broad SMARTS) is 1. The average molecular weight is 206 g/mol. The van der Waals surface area contributed by atoms with Crippen molar-refractivity contribution in [1.29, 1.82) is 0 Å². The Labute approximate surface area is 88.7 Å². The van der Waals surface area contributed by atoms with Gasteiger partial charge in [-0.05, 0) is 30.4 Å². The third-order valence-corrected chi connectivity index (χ3v) is 2.73. The molecule has 0 saturated carbocycles. The van der Waals surface area contributed by atoms with Gasteiger partial charge in [0, 0.05) is 0 Å². The Bertz CT molecular complexity index is 360. The molecule has 0 fully saturated rings. The van der Waals surface area contributed by atoms with Crippen LogP contribution in [0.4, 0.5) is 0 Å². The van der Waals surface area contributed by atoms with Gasteiger partial charge in [-0.25, -0.2) is 0 Å². The highest BCUT2D eigenvalue weighted by Gasteiger charge is 2.21. The lowest BCUT2D eigenvalue weighted by atomic mass is 9.91. The normalized spacial score (nSPS) is 19.9. The summed E-state index contributed by atoms with van der Waals surface area (Å²) in [7, 11) is 0. The summed E-state index contributed by atoms with van der Waals surface area (Å²) >= 11 is 0. The van der Waals surface area contributed by atoms with Crippen LogP contribution in [0, 0.1) is 0 Å². The topological polar surface area (TPSA) is 46.5 Å². The largest absolute Gasteiger partial charge is 0.493 e. The van der Waals surface area contributed by atoms with Gasteiger partial charge in [0.25, 0.3) is 0 Å². The molecule has 0 amide bonds. The van der Waals surface area contributed by atoms with E-state index in [1.54, 1.807) is 0 Å². The Hall–Kier alpha value is -1.51. The lowest BCUT2D eigenvalue weighted by molar-refractivity contribution is -0.137. The molecule has 3 nitrogen and oxygen atoms in total. The van der Waals surface area contributed by atoms with Crippen LogP contribution in [0.1, 0.15) is 30.7 Å². The van der Waals surface area contributed by atoms with Gasteiger partial charge < -0.3 is 9.84 Å². The fourth-order valence-corrected chi connectivity index (χ4v) is 2.04. The predicted molar refractivity (Wildman–Crippen MR) is 56.2 cm³/mol. The summed E-state index contributed by atoms with van der Waals surface area (Å²) in [4.78, 5) is 10.7. The van der Waals surface area contributed by atoms with Gasteiger partial charge in [0.2, 0.25) is 0 Å². The molecule has 0 saturated heterocycles. The maximum atomic E-state index is 10.7. The molecule has 1 aliphatic heterocycles. The first-order valence-corrected chi connectivity index (χ1v) is 5.21. The van der Waals surface area contributed by atoms with Crippen LogP contribution < -0.4 is 4.74 Å². The maximum absolute atomic E-state index is 10.7. The summed E-state index contributed by atoms with van der Waals surface area (Å²) < 4.78 is 5.57. The van der Waals surface area contributed by atoms with Crippen LogP contribution in [0.3, 0.4) is 0 Å². The molecule has 1 heterocycles. The van der Waals surface area contributed by atoms with Gasteiger partial charge in [0.05, 0.1) is 13.0 Å². The van der Waals surface area contributed by atoms with Crippen molar-refractivity contribution in [3.63, 3.8) is 0 Å². The Morgan fingerprint density at radius 2 is 2.27 bits per heavy atom. The molecule has 1 atom stereocenters. The number of hydrogen-bond acceptors (Lipinski definition) is 2. The molecule has 1 N–H and O–H groups in total. The molecule has 2 rings (SSSR count). The number of benzene rings is 1. The second kappa shape index (κ2) is 4.34. The first-order valence-electron chi connectivity index (χ1n) is 5.21. The fraction of sp³-hybridized carbons (Fsp3) is 0.417. The smallest absolute Gasteiger partial charge is 0.303 e. The van der Waals surface area contributed by atoms with E-state index in [0.717, 1.165) is 24.2 Å². The van der Waals surface area contributed by atoms with E-state index in [0.29, 0.717) is 6.61 Å². The molecular formula is C12H14O3. The number of fused-ring (bicyclic) bond motifs is 1. The number of carboxylic acids is 1. The minimum atomic E-state index is -0.739. The third kappa shape index (κ3) is 2.29. The lowest BCUT2D eigenvalue weighted by Crippen LogP contribution is -2.05. The quantitative estimate of drug-likeness (QED) is 0.808. The molecule has 1 aromatic carbocycles. The van der Waals surface area contributed by atoms with Crippen molar-refractivity contribution < 1.29 is 14.6 Å². The van der Waals surface area contributed by atoms with Crippen LogP contribution >= 0.6 is 0 Å². The zero-order valence-corrected chi connectivity index (χ0v) is 8.48. The Kier molecular flexibility index (Phi) is 2.90. The molecule has 0 aliphatic carbocycles. The van der Waals surface area contributed by atoms with E-state index in [-0.39, 0.29) is 12.3 Å². The van der Waals surface area contributed by atoms with Gasteiger partial charge in [-0.15, -0.1) is 0 Å². The van der Waals surface area contributed by atoms with Crippen molar-refractivity contribution in [2.24, 2.45) is 0 Å². The molecule has 0 aromatic heterocycles. The second-order valence-electron chi connectivity index (χ2n) is 3.82. The first kappa shape index (κ1) is 10.0. The summed E-state index contributed by atoms with van der Waals surface area (Å²) in [6.07, 6.45) is 2.01. The number of rotatable bonds is 2. The van der Waals surface area contributed by atoms with E-state index < -0.39 is 5.97 Å². The maximum Gasteiger partial charge on any atom is 0.303 e. The van der Waals surface area contributed by atoms with E-state index in [9.17, 15) is 4.79 Å². The molecule has 0 bridgehead atoms. The minimum Gasteiger partial charge on any atom is -0.493 e. The van der Waals surface area contributed by atoms with Crippen molar-refractivity contribution in [2.45, 2.75) is 25.2 Å². The van der Waals surface area contributed by atoms with Crippen LogP contribution in [0.15, 0.2) is 24.3 Å². The van der Waals surface area contributed by atoms with Crippen molar-refractivity contribution in [3.8, 4) is 5.75 Å². The summed E-state index contributed by atoms with van der Waals surface area (Å²) in [5, 5.41) is 8.84. The highest BCUT2D eigenvalue weighted by molar-refractivity contribution is 5.68. The summed E-state index contributed by atoms with van der Waals surface area (Å²) in [6.45, 7) is 0.688. The zero-order chi connectivity index (χ0) is 10.7. The Morgan fingerprint density at radius 1 is 1.47 bits per heavy atom. The van der Waals surface area contributed by atoms with E-state index >= 15 is 0 Å². The average Bonchev–Trinajstić information content (AvgIpc) is 2.41. The molecule has 1 unspecified atom stereocenters. The standard InChI is InChI=1S/C12H14O3/c13-12(14)8-9-4-3-7-15-11-6-2-1-5-10(9)11/h1-2,5-6,9H,3-4,7-8H2,(H,13,14). The van der Waals surface area contributed by atoms with Gasteiger partial charge in [0.15, 0.2) is 0 Å². The minimum absolute atomic E-state index is 0.0983. The van der Waals surface area contributed by atoms with Gasteiger partial charge in [-0.1, -0.05) is 18.2 Å². The molecule has 3 heteroatoms. The third-order valence-electron chi connectivity index (χ3n) is 2.73. The number of carbonyl (C=O) groups is 1. The van der Waals surface area contributed by atoms with Crippen LogP contribution in [0.5, 0.6) is 5.75 Å². The molecule has 80 valence electrons. The molecule has 15 heavy (non-hydrogen) atoms. The van der Waals surface area contributed by atoms with Gasteiger partial charge >= 0.3 is 5.97 Å². The number of aliphatic carboxylic acids is 1. The lowest BCUT2D eigenvalue weighted by Gasteiger charge is -2.13. The number of hydrogen-bond donors (Lipinski definition) is 1. The zero-order valence-electron chi connectivity index (χ0n) is 8.48. The van der Waals surface area contributed by atoms with E-state index in [4.69, 9.17) is 9.84 Å². The van der Waals surface area contributed by atoms with Crippen LogP contribution in [-0.4, -0.2) is 17.7 Å². The van der Waals surface area contributed by atoms with Crippen LogP contribution in [0.25, 0.3) is 0 Å². The van der Waals surface area contributed by atoms with Crippen molar-refractivity contribution >= 4 is 5.97 Å². The first-order chi connectivity index (χ1) is 7.27. The van der Waals surface area contributed by atoms with Gasteiger partial charge in [0.1, 0.15) is 5.75 Å².